The van der Waals surface area contributed by atoms with Crippen LogP contribution in [0.5, 0.6) is 0 Å². The third-order valence-corrected chi connectivity index (χ3v) is 3.92. The molecule has 1 heterocycles. The topological polar surface area (TPSA) is 30.2 Å². The molecule has 0 N–H and O–H groups in total. The number of hydrogen-bond acceptors (Lipinski definition) is 2. The maximum atomic E-state index is 13.1. The highest BCUT2D eigenvalue weighted by Gasteiger charge is 2.37. The van der Waals surface area contributed by atoms with Crippen molar-refractivity contribution in [3.05, 3.63) is 81.4 Å². The monoisotopic (exact) mass is 332 g/mol. The number of hydrogen-bond donors (Lipinski definition) is 0. The number of benzene rings is 1. The van der Waals surface area contributed by atoms with Gasteiger partial charge in [-0.05, 0) is 30.4 Å². The molecule has 0 aliphatic heterocycles. The summed E-state index contributed by atoms with van der Waals surface area (Å²) in [6.45, 7) is 0. The number of rotatable bonds is 2. The Kier molecular flexibility index (Phi) is 4.42. The van der Waals surface area contributed by atoms with Crippen LogP contribution in [0.3, 0.4) is 0 Å². The van der Waals surface area contributed by atoms with Crippen molar-refractivity contribution in [3.63, 3.8) is 0 Å². The lowest BCUT2D eigenvalue weighted by molar-refractivity contribution is -0.138. The normalized spacial score (nSPS) is 16.5. The summed E-state index contributed by atoms with van der Waals surface area (Å²) < 4.78 is 44.5. The molecule has 0 spiro atoms. The highest BCUT2D eigenvalue weighted by molar-refractivity contribution is 5.69. The molecule has 3 rings (SSSR count). The lowest BCUT2D eigenvalue weighted by atomic mass is 9.89. The first kappa shape index (κ1) is 16.3. The quantitative estimate of drug-likeness (QED) is 0.766. The smallest absolute Gasteiger partial charge is 0.417 e. The van der Waals surface area contributed by atoms with Crippen molar-refractivity contribution >= 4 is 11.6 Å². The molecule has 0 saturated heterocycles. The fraction of sp³-hybridized carbons (Fsp3) is 0.211. The van der Waals surface area contributed by atoms with E-state index < -0.39 is 17.4 Å². The van der Waals surface area contributed by atoms with Crippen molar-refractivity contribution in [2.75, 3.05) is 0 Å². The summed E-state index contributed by atoms with van der Waals surface area (Å²) in [5, 5.41) is 0. The van der Waals surface area contributed by atoms with Gasteiger partial charge in [-0.3, -0.25) is 0 Å². The maximum Gasteiger partial charge on any atom is 0.417 e. The predicted octanol–water partition coefficient (Wildman–Crippen LogP) is 5.09. The van der Waals surface area contributed by atoms with E-state index in [1.165, 1.54) is 0 Å². The molecule has 124 valence electrons. The SMILES string of the molecule is O=c1cc(C(F)(F)F)c2c(o1)C(=CC=Cc1ccccc1)CCC2. The van der Waals surface area contributed by atoms with Crippen LogP contribution in [0.4, 0.5) is 13.2 Å². The molecule has 24 heavy (non-hydrogen) atoms. The van der Waals surface area contributed by atoms with Gasteiger partial charge >= 0.3 is 11.8 Å². The molecule has 0 radical (unpaired) electrons. The van der Waals surface area contributed by atoms with Gasteiger partial charge in [-0.1, -0.05) is 48.6 Å². The fourth-order valence-electron chi connectivity index (χ4n) is 2.85. The van der Waals surface area contributed by atoms with Gasteiger partial charge in [0.2, 0.25) is 0 Å². The average Bonchev–Trinajstić information content (AvgIpc) is 2.55. The van der Waals surface area contributed by atoms with E-state index in [9.17, 15) is 18.0 Å². The van der Waals surface area contributed by atoms with E-state index in [0.717, 1.165) is 5.56 Å². The minimum absolute atomic E-state index is 0.0683. The molecule has 2 nitrogen and oxygen atoms in total. The number of fused-ring (bicyclic) bond motifs is 1. The summed E-state index contributed by atoms with van der Waals surface area (Å²) in [7, 11) is 0. The van der Waals surface area contributed by atoms with Crippen molar-refractivity contribution in [1.29, 1.82) is 0 Å². The molecule has 1 aromatic carbocycles. The van der Waals surface area contributed by atoms with E-state index in [1.807, 2.05) is 36.4 Å². The Morgan fingerprint density at radius 3 is 2.54 bits per heavy atom. The zero-order chi connectivity index (χ0) is 17.2. The van der Waals surface area contributed by atoms with E-state index >= 15 is 0 Å². The Balaban J connectivity index is 2.00. The summed E-state index contributed by atoms with van der Waals surface area (Å²) in [5.41, 5.74) is -0.178. The molecule has 2 aromatic rings. The minimum atomic E-state index is -4.55. The highest BCUT2D eigenvalue weighted by atomic mass is 19.4. The van der Waals surface area contributed by atoms with Crippen LogP contribution in [0.1, 0.15) is 35.3 Å². The first-order chi connectivity index (χ1) is 11.4. The van der Waals surface area contributed by atoms with Gasteiger partial charge < -0.3 is 4.42 Å². The second kappa shape index (κ2) is 6.51. The van der Waals surface area contributed by atoms with Gasteiger partial charge in [-0.15, -0.1) is 0 Å². The lowest BCUT2D eigenvalue weighted by Gasteiger charge is -2.20. The summed E-state index contributed by atoms with van der Waals surface area (Å²) in [6, 6.07) is 10.1. The predicted molar refractivity (Wildman–Crippen MR) is 86.4 cm³/mol. The first-order valence-electron chi connectivity index (χ1n) is 7.62. The lowest BCUT2D eigenvalue weighted by Crippen LogP contribution is -2.18. The van der Waals surface area contributed by atoms with E-state index in [2.05, 4.69) is 0 Å². The van der Waals surface area contributed by atoms with E-state index in [4.69, 9.17) is 4.42 Å². The zero-order valence-corrected chi connectivity index (χ0v) is 12.8. The second-order valence-corrected chi connectivity index (χ2v) is 5.60. The Morgan fingerprint density at radius 1 is 1.08 bits per heavy atom. The van der Waals surface area contributed by atoms with Crippen LogP contribution in [0, 0.1) is 0 Å². The standard InChI is InChI=1S/C19H15F3O2/c20-19(21,22)16-12-17(23)24-18-14(10-5-11-15(16)18)9-4-8-13-6-2-1-3-7-13/h1-4,6-9,12H,5,10-11H2. The molecule has 0 unspecified atom stereocenters. The summed E-state index contributed by atoms with van der Waals surface area (Å²) in [5.74, 6) is 0.0683. The van der Waals surface area contributed by atoms with Gasteiger partial charge in [0.15, 0.2) is 0 Å². The van der Waals surface area contributed by atoms with Crippen molar-refractivity contribution in [2.45, 2.75) is 25.4 Å². The van der Waals surface area contributed by atoms with Crippen molar-refractivity contribution in [2.24, 2.45) is 0 Å². The summed E-state index contributed by atoms with van der Waals surface area (Å²) in [6.07, 6.45) is 2.21. The zero-order valence-electron chi connectivity index (χ0n) is 12.8. The molecule has 1 aliphatic carbocycles. The van der Waals surface area contributed by atoms with Crippen LogP contribution < -0.4 is 5.63 Å². The summed E-state index contributed by atoms with van der Waals surface area (Å²) in [4.78, 5) is 11.5. The van der Waals surface area contributed by atoms with Gasteiger partial charge in [-0.2, -0.15) is 13.2 Å². The van der Waals surface area contributed by atoms with Crippen molar-refractivity contribution in [3.8, 4) is 0 Å². The third-order valence-electron chi connectivity index (χ3n) is 3.92. The van der Waals surface area contributed by atoms with Gasteiger partial charge in [0, 0.05) is 11.6 Å². The molecule has 5 heteroatoms. The number of alkyl halides is 3. The van der Waals surface area contributed by atoms with Gasteiger partial charge in [0.05, 0.1) is 5.56 Å². The Labute approximate surface area is 136 Å². The van der Waals surface area contributed by atoms with Crippen LogP contribution in [-0.2, 0) is 12.6 Å². The number of halogens is 3. The molecule has 0 saturated carbocycles. The average molecular weight is 332 g/mol. The Morgan fingerprint density at radius 2 is 1.83 bits per heavy atom. The van der Waals surface area contributed by atoms with Gasteiger partial charge in [0.1, 0.15) is 5.76 Å². The van der Waals surface area contributed by atoms with Crippen LogP contribution in [0.25, 0.3) is 11.6 Å². The van der Waals surface area contributed by atoms with Gasteiger partial charge in [0.25, 0.3) is 0 Å². The molecule has 0 bridgehead atoms. The van der Waals surface area contributed by atoms with Crippen LogP contribution in [-0.4, -0.2) is 0 Å². The molecule has 0 fully saturated rings. The fourth-order valence-corrected chi connectivity index (χ4v) is 2.85. The second-order valence-electron chi connectivity index (χ2n) is 5.60. The minimum Gasteiger partial charge on any atom is -0.423 e. The van der Waals surface area contributed by atoms with E-state index in [1.54, 1.807) is 12.2 Å². The van der Waals surface area contributed by atoms with Gasteiger partial charge in [-0.25, -0.2) is 4.79 Å². The molecule has 1 aromatic heterocycles. The molecule has 0 amide bonds. The van der Waals surface area contributed by atoms with Crippen molar-refractivity contribution < 1.29 is 17.6 Å². The largest absolute Gasteiger partial charge is 0.423 e. The van der Waals surface area contributed by atoms with Crippen LogP contribution >= 0.6 is 0 Å². The molecule has 0 atom stereocenters. The third kappa shape index (κ3) is 3.50. The van der Waals surface area contributed by atoms with Crippen LogP contribution in [0.2, 0.25) is 0 Å². The van der Waals surface area contributed by atoms with Crippen molar-refractivity contribution in [1.82, 2.24) is 0 Å². The Bertz CT molecular complexity index is 843. The number of allylic oxidation sites excluding steroid dienone is 3. The van der Waals surface area contributed by atoms with E-state index in [0.29, 0.717) is 24.5 Å². The summed E-state index contributed by atoms with van der Waals surface area (Å²) >= 11 is 0. The maximum absolute atomic E-state index is 13.1. The Hall–Kier alpha value is -2.56. The van der Waals surface area contributed by atoms with Crippen LogP contribution in [0.15, 0.2) is 57.8 Å². The first-order valence-corrected chi connectivity index (χ1v) is 7.62. The highest BCUT2D eigenvalue weighted by Crippen LogP contribution is 2.38. The molecular formula is C19H15F3O2. The van der Waals surface area contributed by atoms with E-state index in [-0.39, 0.29) is 17.7 Å². The molecular weight excluding hydrogens is 317 g/mol. The molecule has 1 aliphatic rings.